The Labute approximate surface area is 224 Å². The Kier molecular flexibility index (Phi) is 7.85. The van der Waals surface area contributed by atoms with Gasteiger partial charge in [-0.25, -0.2) is 22.0 Å². The molecule has 6 nitrogen and oxygen atoms in total. The molecule has 0 bridgehead atoms. The summed E-state index contributed by atoms with van der Waals surface area (Å²) in [5, 5.41) is 11.1. The molecule has 1 unspecified atom stereocenters. The van der Waals surface area contributed by atoms with E-state index in [2.05, 4.69) is 21.8 Å². The van der Waals surface area contributed by atoms with Crippen LogP contribution in [0.5, 0.6) is 0 Å². The minimum atomic E-state index is -4.50. The zero-order valence-corrected chi connectivity index (χ0v) is 21.1. The summed E-state index contributed by atoms with van der Waals surface area (Å²) in [7, 11) is 0. The summed E-state index contributed by atoms with van der Waals surface area (Å²) in [6.07, 6.45) is -0.758. The molecule has 0 radical (unpaired) electrons. The van der Waals surface area contributed by atoms with E-state index in [1.54, 1.807) is 6.07 Å². The fourth-order valence-electron chi connectivity index (χ4n) is 3.66. The summed E-state index contributed by atoms with van der Waals surface area (Å²) in [5.41, 5.74) is 1.52. The van der Waals surface area contributed by atoms with E-state index in [0.29, 0.717) is 28.3 Å². The van der Waals surface area contributed by atoms with Gasteiger partial charge in [0.05, 0.1) is 18.1 Å². The van der Waals surface area contributed by atoms with Gasteiger partial charge in [-0.05, 0) is 31.2 Å². The number of rotatable bonds is 9. The molecule has 0 spiro atoms. The van der Waals surface area contributed by atoms with Gasteiger partial charge in [0.25, 0.3) is 5.92 Å². The zero-order chi connectivity index (χ0) is 29.2. The summed E-state index contributed by atoms with van der Waals surface area (Å²) >= 11 is 0. The van der Waals surface area contributed by atoms with Crippen molar-refractivity contribution in [2.24, 2.45) is 10.1 Å². The van der Waals surface area contributed by atoms with E-state index < -0.39 is 29.8 Å². The molecular weight excluding hydrogens is 543 g/mol. The van der Waals surface area contributed by atoms with Crippen molar-refractivity contribution in [1.82, 2.24) is 10.2 Å². The van der Waals surface area contributed by atoms with Gasteiger partial charge >= 0.3 is 6.05 Å². The Hall–Kier alpha value is -4.42. The number of hydrogen-bond acceptors (Lipinski definition) is 6. The molecule has 40 heavy (non-hydrogen) atoms. The van der Waals surface area contributed by atoms with Crippen LogP contribution in [0.25, 0.3) is 11.3 Å². The number of allylic oxidation sites excluding steroid dienone is 1. The largest absolute Gasteiger partial charge is 0.360 e. The molecule has 4 rings (SSSR count). The number of hydrazone groups is 1. The van der Waals surface area contributed by atoms with E-state index in [1.807, 2.05) is 0 Å². The van der Waals surface area contributed by atoms with Gasteiger partial charge in [-0.15, -0.1) is 0 Å². The molecule has 0 amide bonds. The highest BCUT2D eigenvalue weighted by Gasteiger charge is 2.53. The number of benzene rings is 2. The van der Waals surface area contributed by atoms with E-state index in [0.717, 1.165) is 18.2 Å². The summed E-state index contributed by atoms with van der Waals surface area (Å²) in [6, 6.07) is 5.93. The van der Waals surface area contributed by atoms with Crippen LogP contribution in [0.15, 0.2) is 87.2 Å². The van der Waals surface area contributed by atoms with Crippen molar-refractivity contribution in [2.45, 2.75) is 38.5 Å². The van der Waals surface area contributed by atoms with Crippen LogP contribution in [0.3, 0.4) is 0 Å². The highest BCUT2D eigenvalue weighted by molar-refractivity contribution is 6.00. The van der Waals surface area contributed by atoms with Gasteiger partial charge in [0.1, 0.15) is 12.2 Å². The zero-order valence-electron chi connectivity index (χ0n) is 21.1. The Morgan fingerprint density at radius 1 is 1.12 bits per heavy atom. The monoisotopic (exact) mass is 565 g/mol. The second-order valence-electron chi connectivity index (χ2n) is 9.00. The maximum absolute atomic E-state index is 14.1. The van der Waals surface area contributed by atoms with Crippen molar-refractivity contribution in [2.75, 3.05) is 5.32 Å². The summed E-state index contributed by atoms with van der Waals surface area (Å²) in [4.78, 5) is 4.36. The van der Waals surface area contributed by atoms with Gasteiger partial charge < -0.3 is 9.84 Å². The molecular formula is C27H22F7N5O. The first kappa shape index (κ1) is 28.6. The highest BCUT2D eigenvalue weighted by Crippen LogP contribution is 2.35. The minimum Gasteiger partial charge on any atom is -0.359 e. The standard InChI is InChI=1S/C27H22F7N5O/c1-15-12-35-39(14-23(15)36-16(2)20-5-4-6-21(28)24(20)29)13-19-11-22(38-40-19)17-7-9-18(10-8-17)37-27(33,34)25(30)26(3,31)32/h4-12,14,25,37H,1,13H2,2-3H3. The van der Waals surface area contributed by atoms with Crippen molar-refractivity contribution < 1.29 is 35.3 Å². The molecule has 1 aromatic heterocycles. The molecule has 1 atom stereocenters. The van der Waals surface area contributed by atoms with Gasteiger partial charge in [0.2, 0.25) is 6.17 Å². The molecule has 2 heterocycles. The smallest absolute Gasteiger partial charge is 0.359 e. The molecule has 2 aromatic carbocycles. The Bertz CT molecular complexity index is 1490. The first-order chi connectivity index (χ1) is 18.7. The third kappa shape index (κ3) is 6.41. The molecule has 1 N–H and O–H groups in total. The van der Waals surface area contributed by atoms with Crippen LogP contribution in [0, 0.1) is 11.6 Å². The molecule has 0 fully saturated rings. The number of alkyl halides is 5. The molecule has 0 saturated carbocycles. The number of anilines is 1. The average molecular weight is 565 g/mol. The Balaban J connectivity index is 1.45. The normalized spacial score (nSPS) is 15.3. The van der Waals surface area contributed by atoms with E-state index in [-0.39, 0.29) is 30.4 Å². The molecule has 210 valence electrons. The highest BCUT2D eigenvalue weighted by atomic mass is 19.3. The van der Waals surface area contributed by atoms with E-state index >= 15 is 0 Å². The van der Waals surface area contributed by atoms with E-state index in [1.165, 1.54) is 53.9 Å². The topological polar surface area (TPSA) is 66.0 Å². The summed E-state index contributed by atoms with van der Waals surface area (Å²) < 4.78 is 100. The third-order valence-electron chi connectivity index (χ3n) is 5.72. The number of nitrogens with zero attached hydrogens (tertiary/aromatic N) is 4. The van der Waals surface area contributed by atoms with Crippen molar-refractivity contribution in [3.05, 3.63) is 95.5 Å². The van der Waals surface area contributed by atoms with Crippen molar-refractivity contribution in [1.29, 1.82) is 0 Å². The fourth-order valence-corrected chi connectivity index (χ4v) is 3.66. The van der Waals surface area contributed by atoms with Crippen molar-refractivity contribution in [3.8, 4) is 11.3 Å². The third-order valence-corrected chi connectivity index (χ3v) is 5.72. The van der Waals surface area contributed by atoms with Crippen LogP contribution < -0.4 is 5.32 Å². The minimum absolute atomic E-state index is 0.000361. The number of aromatic nitrogens is 1. The first-order valence-corrected chi connectivity index (χ1v) is 11.7. The van der Waals surface area contributed by atoms with Gasteiger partial charge in [-0.2, -0.15) is 13.9 Å². The summed E-state index contributed by atoms with van der Waals surface area (Å²) in [5.74, 6) is -5.89. The second kappa shape index (κ2) is 11.0. The maximum Gasteiger partial charge on any atom is 0.360 e. The average Bonchev–Trinajstić information content (AvgIpc) is 3.35. The number of aliphatic imine (C=N–C) groups is 1. The lowest BCUT2D eigenvalue weighted by Crippen LogP contribution is -2.47. The van der Waals surface area contributed by atoms with Crippen LogP contribution in [0.4, 0.5) is 36.4 Å². The van der Waals surface area contributed by atoms with Crippen molar-refractivity contribution >= 4 is 17.6 Å². The van der Waals surface area contributed by atoms with Gasteiger partial charge in [0.15, 0.2) is 17.4 Å². The lowest BCUT2D eigenvalue weighted by molar-refractivity contribution is -0.158. The Morgan fingerprint density at radius 3 is 2.50 bits per heavy atom. The van der Waals surface area contributed by atoms with Gasteiger partial charge in [-0.1, -0.05) is 29.9 Å². The lowest BCUT2D eigenvalue weighted by atomic mass is 10.1. The number of hydrogen-bond donors (Lipinski definition) is 1. The van der Waals surface area contributed by atoms with E-state index in [9.17, 15) is 30.7 Å². The van der Waals surface area contributed by atoms with Crippen LogP contribution in [0.1, 0.15) is 25.2 Å². The summed E-state index contributed by atoms with van der Waals surface area (Å²) in [6.45, 7) is 5.55. The maximum atomic E-state index is 14.1. The van der Waals surface area contributed by atoms with Crippen LogP contribution in [0.2, 0.25) is 0 Å². The molecule has 1 aliphatic rings. The predicted molar refractivity (Wildman–Crippen MR) is 136 cm³/mol. The fraction of sp³-hybridized carbons (Fsp3) is 0.222. The SMILES string of the molecule is C=C1C=NN(Cc2cc(-c3ccc(NC(F)(F)C(F)C(C)(F)F)cc3)no2)C=C1N=C(C)c1cccc(F)c1F. The van der Waals surface area contributed by atoms with Crippen LogP contribution in [-0.2, 0) is 6.54 Å². The molecule has 3 aromatic rings. The molecule has 0 saturated heterocycles. The first-order valence-electron chi connectivity index (χ1n) is 11.7. The van der Waals surface area contributed by atoms with Crippen molar-refractivity contribution in [3.63, 3.8) is 0 Å². The Morgan fingerprint density at radius 2 is 1.82 bits per heavy atom. The molecule has 1 aliphatic heterocycles. The van der Waals surface area contributed by atoms with Crippen LogP contribution in [-0.4, -0.2) is 40.2 Å². The molecule has 13 heteroatoms. The lowest BCUT2D eigenvalue weighted by Gasteiger charge is -2.26. The number of halogens is 7. The van der Waals surface area contributed by atoms with Crippen LogP contribution >= 0.6 is 0 Å². The van der Waals surface area contributed by atoms with Gasteiger partial charge in [-0.3, -0.25) is 10.0 Å². The quantitative estimate of drug-likeness (QED) is 0.168. The second-order valence-corrected chi connectivity index (χ2v) is 9.00. The molecule has 0 aliphatic carbocycles. The van der Waals surface area contributed by atoms with Gasteiger partial charge in [0, 0.05) is 41.1 Å². The number of nitrogens with one attached hydrogen (secondary N) is 1. The van der Waals surface area contributed by atoms with E-state index in [4.69, 9.17) is 4.52 Å². The predicted octanol–water partition coefficient (Wildman–Crippen LogP) is 7.33.